The summed E-state index contributed by atoms with van der Waals surface area (Å²) in [6.45, 7) is 4.68. The first-order valence-electron chi connectivity index (χ1n) is 19.5. The van der Waals surface area contributed by atoms with Crippen LogP contribution in [0, 0.1) is 0 Å². The highest BCUT2D eigenvalue weighted by Gasteiger charge is 2.35. The molecule has 10 rings (SSSR count). The van der Waals surface area contributed by atoms with Crippen molar-refractivity contribution in [2.24, 2.45) is 0 Å². The van der Waals surface area contributed by atoms with Gasteiger partial charge < -0.3 is 0 Å². The Morgan fingerprint density at radius 1 is 0.316 bits per heavy atom. The Hall–Kier alpha value is -7.23. The third-order valence-electron chi connectivity index (χ3n) is 11.4. The van der Waals surface area contributed by atoms with Crippen LogP contribution in [0.5, 0.6) is 0 Å². The molecule has 0 fully saturated rings. The average molecular weight is 730 g/mol. The zero-order valence-corrected chi connectivity index (χ0v) is 31.9. The first-order valence-corrected chi connectivity index (χ1v) is 19.5. The highest BCUT2D eigenvalue weighted by molar-refractivity contribution is 5.87. The number of hydrogen-bond acceptors (Lipinski definition) is 3. The van der Waals surface area contributed by atoms with E-state index in [9.17, 15) is 0 Å². The first kappa shape index (κ1) is 34.3. The second-order valence-electron chi connectivity index (χ2n) is 15.3. The Bertz CT molecular complexity index is 2860. The van der Waals surface area contributed by atoms with Crippen LogP contribution in [0.3, 0.4) is 0 Å². The third kappa shape index (κ3) is 6.43. The van der Waals surface area contributed by atoms with Gasteiger partial charge in [0.1, 0.15) is 0 Å². The predicted molar refractivity (Wildman–Crippen MR) is 235 cm³/mol. The van der Waals surface area contributed by atoms with Crippen LogP contribution in [0.1, 0.15) is 25.0 Å². The number of hydrogen-bond donors (Lipinski definition) is 0. The van der Waals surface area contributed by atoms with Gasteiger partial charge in [0.05, 0.1) is 11.4 Å². The summed E-state index contributed by atoms with van der Waals surface area (Å²) in [5.41, 5.74) is 19.2. The quantitative estimate of drug-likeness (QED) is 0.164. The van der Waals surface area contributed by atoms with Crippen LogP contribution in [-0.2, 0) is 5.41 Å². The first-order chi connectivity index (χ1) is 28.0. The summed E-state index contributed by atoms with van der Waals surface area (Å²) in [6, 6.07) is 67.2. The summed E-state index contributed by atoms with van der Waals surface area (Å²) in [5, 5.41) is 0. The van der Waals surface area contributed by atoms with Crippen LogP contribution in [0.4, 0.5) is 0 Å². The Labute approximate surface area is 334 Å². The molecule has 270 valence electrons. The van der Waals surface area contributed by atoms with Gasteiger partial charge in [-0.3, -0.25) is 4.98 Å². The summed E-state index contributed by atoms with van der Waals surface area (Å²) in [5.74, 6) is 0.688. The molecule has 0 spiro atoms. The molecular weight excluding hydrogens is 691 g/mol. The summed E-state index contributed by atoms with van der Waals surface area (Å²) in [7, 11) is 0. The van der Waals surface area contributed by atoms with Crippen molar-refractivity contribution >= 4 is 0 Å². The molecule has 3 heteroatoms. The Balaban J connectivity index is 1.15. The van der Waals surface area contributed by atoms with Gasteiger partial charge in [-0.1, -0.05) is 147 Å². The van der Waals surface area contributed by atoms with E-state index in [-0.39, 0.29) is 5.41 Å². The molecule has 2 heterocycles. The lowest BCUT2D eigenvalue weighted by Gasteiger charge is -2.22. The summed E-state index contributed by atoms with van der Waals surface area (Å²) in [6.07, 6.45) is 3.69. The van der Waals surface area contributed by atoms with Gasteiger partial charge in [0.2, 0.25) is 0 Å². The van der Waals surface area contributed by atoms with E-state index in [0.717, 1.165) is 67.0 Å². The Morgan fingerprint density at radius 3 is 1.39 bits per heavy atom. The summed E-state index contributed by atoms with van der Waals surface area (Å²) in [4.78, 5) is 14.7. The maximum absolute atomic E-state index is 5.27. The number of benzene rings is 7. The van der Waals surface area contributed by atoms with Crippen molar-refractivity contribution in [2.75, 3.05) is 0 Å². The largest absolute Gasteiger partial charge is 0.265 e. The lowest BCUT2D eigenvalue weighted by atomic mass is 9.81. The number of rotatable bonds is 7. The van der Waals surface area contributed by atoms with E-state index >= 15 is 0 Å². The standard InChI is InChI=1S/C54H39N3/c1-54(2)49-22-10-9-21-47(49)48-24-23-43(34-50(48)54)45-31-44(42-20-12-19-41(30-42)40-18-11-17-39(29-40)36-25-27-55-28-26-36)32-46(33-45)53-56-51(37-13-5-3-6-14-37)35-52(57-53)38-15-7-4-8-16-38/h3-35H,1-2H3. The molecule has 2 aromatic heterocycles. The molecule has 3 nitrogen and oxygen atoms in total. The molecule has 0 N–H and O–H groups in total. The maximum Gasteiger partial charge on any atom is 0.160 e. The maximum atomic E-state index is 5.27. The summed E-state index contributed by atoms with van der Waals surface area (Å²) < 4.78 is 0. The van der Waals surface area contributed by atoms with Crippen molar-refractivity contribution in [3.8, 4) is 89.5 Å². The van der Waals surface area contributed by atoms with Crippen molar-refractivity contribution < 1.29 is 0 Å². The average Bonchev–Trinajstić information content (AvgIpc) is 3.52. The molecule has 9 aromatic rings. The fourth-order valence-corrected chi connectivity index (χ4v) is 8.36. The number of fused-ring (bicyclic) bond motifs is 3. The van der Waals surface area contributed by atoms with Crippen LogP contribution >= 0.6 is 0 Å². The fraction of sp³-hybridized carbons (Fsp3) is 0.0556. The van der Waals surface area contributed by atoms with Crippen LogP contribution in [0.2, 0.25) is 0 Å². The van der Waals surface area contributed by atoms with Gasteiger partial charge in [-0.15, -0.1) is 0 Å². The SMILES string of the molecule is CC1(C)c2ccccc2-c2ccc(-c3cc(-c4cccc(-c5cccc(-c6ccncc6)c5)c4)cc(-c4nc(-c5ccccc5)cc(-c5ccccc5)n4)c3)cc21. The van der Waals surface area contributed by atoms with Crippen LogP contribution < -0.4 is 0 Å². The zero-order chi connectivity index (χ0) is 38.3. The molecule has 0 saturated heterocycles. The van der Waals surface area contributed by atoms with Crippen molar-refractivity contribution in [1.29, 1.82) is 0 Å². The van der Waals surface area contributed by atoms with Gasteiger partial charge in [0.25, 0.3) is 0 Å². The van der Waals surface area contributed by atoms with E-state index in [1.807, 2.05) is 24.5 Å². The van der Waals surface area contributed by atoms with Gasteiger partial charge in [0, 0.05) is 34.5 Å². The highest BCUT2D eigenvalue weighted by Crippen LogP contribution is 2.50. The van der Waals surface area contributed by atoms with Gasteiger partial charge >= 0.3 is 0 Å². The zero-order valence-electron chi connectivity index (χ0n) is 31.9. The van der Waals surface area contributed by atoms with Gasteiger partial charge in [-0.25, -0.2) is 9.97 Å². The van der Waals surface area contributed by atoms with E-state index in [0.29, 0.717) is 5.82 Å². The monoisotopic (exact) mass is 729 g/mol. The van der Waals surface area contributed by atoms with E-state index in [1.165, 1.54) is 27.8 Å². The molecule has 0 radical (unpaired) electrons. The molecule has 0 bridgehead atoms. The normalized spacial score (nSPS) is 12.5. The van der Waals surface area contributed by atoms with E-state index in [2.05, 4.69) is 195 Å². The molecule has 57 heavy (non-hydrogen) atoms. The predicted octanol–water partition coefficient (Wildman–Crippen LogP) is 13.8. The Kier molecular flexibility index (Phi) is 8.49. The molecule has 0 saturated carbocycles. The highest BCUT2D eigenvalue weighted by atomic mass is 14.9. The lowest BCUT2D eigenvalue weighted by molar-refractivity contribution is 0.660. The Morgan fingerprint density at radius 2 is 0.772 bits per heavy atom. The number of aromatic nitrogens is 3. The second kappa shape index (κ2) is 14.1. The van der Waals surface area contributed by atoms with Gasteiger partial charge in [0.15, 0.2) is 5.82 Å². The van der Waals surface area contributed by atoms with Crippen LogP contribution in [0.15, 0.2) is 200 Å². The smallest absolute Gasteiger partial charge is 0.160 e. The third-order valence-corrected chi connectivity index (χ3v) is 11.4. The molecule has 1 aliphatic carbocycles. The topological polar surface area (TPSA) is 38.7 Å². The number of pyridine rings is 1. The van der Waals surface area contributed by atoms with Crippen molar-refractivity contribution in [1.82, 2.24) is 15.0 Å². The summed E-state index contributed by atoms with van der Waals surface area (Å²) >= 11 is 0. The van der Waals surface area contributed by atoms with Crippen LogP contribution in [-0.4, -0.2) is 15.0 Å². The van der Waals surface area contributed by atoms with Crippen molar-refractivity contribution in [3.05, 3.63) is 212 Å². The molecule has 0 atom stereocenters. The fourth-order valence-electron chi connectivity index (χ4n) is 8.36. The molecule has 0 unspecified atom stereocenters. The van der Waals surface area contributed by atoms with Crippen molar-refractivity contribution in [3.63, 3.8) is 0 Å². The minimum absolute atomic E-state index is 0.112. The minimum Gasteiger partial charge on any atom is -0.265 e. The van der Waals surface area contributed by atoms with E-state index in [4.69, 9.17) is 9.97 Å². The van der Waals surface area contributed by atoms with Crippen LogP contribution in [0.25, 0.3) is 89.5 Å². The van der Waals surface area contributed by atoms with Gasteiger partial charge in [-0.05, 0) is 121 Å². The minimum atomic E-state index is -0.112. The molecule has 7 aromatic carbocycles. The van der Waals surface area contributed by atoms with E-state index < -0.39 is 0 Å². The molecular formula is C54H39N3. The molecule has 1 aliphatic rings. The van der Waals surface area contributed by atoms with E-state index in [1.54, 1.807) is 0 Å². The lowest BCUT2D eigenvalue weighted by Crippen LogP contribution is -2.14. The number of nitrogens with zero attached hydrogens (tertiary/aromatic N) is 3. The molecule has 0 aliphatic heterocycles. The second-order valence-corrected chi connectivity index (χ2v) is 15.3. The van der Waals surface area contributed by atoms with Gasteiger partial charge in [-0.2, -0.15) is 0 Å². The van der Waals surface area contributed by atoms with Crippen molar-refractivity contribution in [2.45, 2.75) is 19.3 Å². The molecule has 0 amide bonds.